The van der Waals surface area contributed by atoms with Crippen LogP contribution in [0.25, 0.3) is 10.9 Å². The summed E-state index contributed by atoms with van der Waals surface area (Å²) in [6, 6.07) is 25.6. The summed E-state index contributed by atoms with van der Waals surface area (Å²) < 4.78 is 2.13. The van der Waals surface area contributed by atoms with Crippen LogP contribution < -0.4 is 10.6 Å². The summed E-state index contributed by atoms with van der Waals surface area (Å²) in [5.74, 6) is 0.285. The van der Waals surface area contributed by atoms with Gasteiger partial charge >= 0.3 is 0 Å². The quantitative estimate of drug-likeness (QED) is 0.355. The van der Waals surface area contributed by atoms with E-state index in [-0.39, 0.29) is 11.8 Å². The zero-order valence-electron chi connectivity index (χ0n) is 18.6. The van der Waals surface area contributed by atoms with E-state index < -0.39 is 0 Å². The molecule has 0 atom stereocenters. The lowest BCUT2D eigenvalue weighted by molar-refractivity contribution is -0.118. The average Bonchev–Trinajstić information content (AvgIpc) is 3.20. The van der Waals surface area contributed by atoms with Crippen molar-refractivity contribution in [1.82, 2.24) is 15.2 Å². The standard InChI is InChI=1S/C27H27N3O2S/c1-20-11-13-22(14-12-20)27(32)28-15-16-30-18-25(23-9-5-6-10-24(23)30)33-19-26(31)29-17-21-7-3-2-4-8-21/h2-14,18H,15-17,19H2,1H3,(H,28,32)(H,29,31). The molecule has 0 aliphatic heterocycles. The normalized spacial score (nSPS) is 10.8. The lowest BCUT2D eigenvalue weighted by atomic mass is 10.1. The van der Waals surface area contributed by atoms with Crippen LogP contribution in [-0.2, 0) is 17.9 Å². The maximum absolute atomic E-state index is 12.4. The predicted octanol–water partition coefficient (Wildman–Crippen LogP) is 4.79. The average molecular weight is 458 g/mol. The molecule has 6 heteroatoms. The SMILES string of the molecule is Cc1ccc(C(=O)NCCn2cc(SCC(=O)NCc3ccccc3)c3ccccc32)cc1. The highest BCUT2D eigenvalue weighted by Crippen LogP contribution is 2.29. The number of nitrogens with zero attached hydrogens (tertiary/aromatic N) is 1. The Morgan fingerprint density at radius 1 is 0.879 bits per heavy atom. The molecule has 0 aliphatic rings. The Labute approximate surface area is 198 Å². The van der Waals surface area contributed by atoms with E-state index in [9.17, 15) is 9.59 Å². The first kappa shape index (κ1) is 22.7. The molecule has 0 bridgehead atoms. The third-order valence-electron chi connectivity index (χ3n) is 5.40. The van der Waals surface area contributed by atoms with Crippen LogP contribution in [0.2, 0.25) is 0 Å². The molecule has 0 fully saturated rings. The van der Waals surface area contributed by atoms with Crippen molar-refractivity contribution < 1.29 is 9.59 Å². The monoisotopic (exact) mass is 457 g/mol. The second-order valence-corrected chi connectivity index (χ2v) is 8.89. The van der Waals surface area contributed by atoms with E-state index in [0.717, 1.165) is 26.9 Å². The molecule has 1 aromatic heterocycles. The molecule has 33 heavy (non-hydrogen) atoms. The van der Waals surface area contributed by atoms with Crippen LogP contribution in [-0.4, -0.2) is 28.7 Å². The Morgan fingerprint density at radius 2 is 1.61 bits per heavy atom. The number of aryl methyl sites for hydroxylation is 1. The van der Waals surface area contributed by atoms with Gasteiger partial charge in [0.05, 0.1) is 5.75 Å². The van der Waals surface area contributed by atoms with Crippen molar-refractivity contribution in [2.24, 2.45) is 0 Å². The van der Waals surface area contributed by atoms with Gasteiger partial charge in [-0.15, -0.1) is 11.8 Å². The Hall–Kier alpha value is -3.51. The molecule has 0 saturated heterocycles. The van der Waals surface area contributed by atoms with E-state index in [1.54, 1.807) is 0 Å². The number of fused-ring (bicyclic) bond motifs is 1. The van der Waals surface area contributed by atoms with E-state index in [4.69, 9.17) is 0 Å². The van der Waals surface area contributed by atoms with E-state index in [1.165, 1.54) is 11.8 Å². The minimum Gasteiger partial charge on any atom is -0.351 e. The molecule has 168 valence electrons. The Kier molecular flexibility index (Phi) is 7.47. The van der Waals surface area contributed by atoms with Crippen molar-refractivity contribution in [3.63, 3.8) is 0 Å². The van der Waals surface area contributed by atoms with Gasteiger partial charge in [-0.3, -0.25) is 9.59 Å². The highest BCUT2D eigenvalue weighted by atomic mass is 32.2. The molecule has 0 spiro atoms. The molecule has 0 aliphatic carbocycles. The fourth-order valence-corrected chi connectivity index (χ4v) is 4.52. The molecule has 0 saturated carbocycles. The van der Waals surface area contributed by atoms with Gasteiger partial charge < -0.3 is 15.2 Å². The third-order valence-corrected chi connectivity index (χ3v) is 6.44. The van der Waals surface area contributed by atoms with Gasteiger partial charge in [0.1, 0.15) is 0 Å². The van der Waals surface area contributed by atoms with Gasteiger partial charge in [-0.25, -0.2) is 0 Å². The number of para-hydroxylation sites is 1. The molecule has 5 nitrogen and oxygen atoms in total. The Balaban J connectivity index is 1.34. The van der Waals surface area contributed by atoms with Crippen LogP contribution in [0.15, 0.2) is 90.0 Å². The lowest BCUT2D eigenvalue weighted by Crippen LogP contribution is -2.27. The van der Waals surface area contributed by atoms with Crippen molar-refractivity contribution >= 4 is 34.5 Å². The van der Waals surface area contributed by atoms with E-state index in [0.29, 0.717) is 31.0 Å². The van der Waals surface area contributed by atoms with Crippen LogP contribution in [0.3, 0.4) is 0 Å². The minimum absolute atomic E-state index is 0.00560. The highest BCUT2D eigenvalue weighted by molar-refractivity contribution is 8.00. The molecule has 2 N–H and O–H groups in total. The minimum atomic E-state index is -0.0730. The molecular weight excluding hydrogens is 430 g/mol. The molecule has 2 amide bonds. The number of thioether (sulfide) groups is 1. The van der Waals surface area contributed by atoms with Crippen LogP contribution >= 0.6 is 11.8 Å². The Bertz CT molecular complexity index is 1230. The smallest absolute Gasteiger partial charge is 0.251 e. The maximum Gasteiger partial charge on any atom is 0.251 e. The van der Waals surface area contributed by atoms with Crippen LogP contribution in [0.1, 0.15) is 21.5 Å². The van der Waals surface area contributed by atoms with Gasteiger partial charge in [-0.1, -0.05) is 66.2 Å². The number of rotatable bonds is 9. The topological polar surface area (TPSA) is 63.1 Å². The molecule has 3 aromatic carbocycles. The third kappa shape index (κ3) is 6.05. The summed E-state index contributed by atoms with van der Waals surface area (Å²) in [7, 11) is 0. The van der Waals surface area contributed by atoms with Crippen molar-refractivity contribution in [3.05, 3.63) is 102 Å². The number of benzene rings is 3. The second kappa shape index (κ2) is 10.9. The van der Waals surface area contributed by atoms with Crippen LogP contribution in [0.4, 0.5) is 0 Å². The number of carbonyl (C=O) groups excluding carboxylic acids is 2. The van der Waals surface area contributed by atoms with Crippen molar-refractivity contribution in [3.8, 4) is 0 Å². The van der Waals surface area contributed by atoms with E-state index >= 15 is 0 Å². The van der Waals surface area contributed by atoms with Gasteiger partial charge in [0.2, 0.25) is 5.91 Å². The largest absolute Gasteiger partial charge is 0.351 e. The van der Waals surface area contributed by atoms with Crippen molar-refractivity contribution in [2.75, 3.05) is 12.3 Å². The van der Waals surface area contributed by atoms with Gasteiger partial charge in [0, 0.05) is 47.2 Å². The summed E-state index contributed by atoms with van der Waals surface area (Å²) in [5.41, 5.74) is 3.97. The molecular formula is C27H27N3O2S. The van der Waals surface area contributed by atoms with Gasteiger partial charge in [-0.05, 0) is 30.7 Å². The number of hydrogen-bond donors (Lipinski definition) is 2. The van der Waals surface area contributed by atoms with Crippen LogP contribution in [0, 0.1) is 6.92 Å². The molecule has 0 unspecified atom stereocenters. The maximum atomic E-state index is 12.4. The van der Waals surface area contributed by atoms with Crippen molar-refractivity contribution in [1.29, 1.82) is 0 Å². The van der Waals surface area contributed by atoms with E-state index in [1.807, 2.05) is 73.7 Å². The molecule has 4 rings (SSSR count). The van der Waals surface area contributed by atoms with Crippen LogP contribution in [0.5, 0.6) is 0 Å². The van der Waals surface area contributed by atoms with E-state index in [2.05, 4.69) is 33.5 Å². The Morgan fingerprint density at radius 3 is 2.39 bits per heavy atom. The summed E-state index contributed by atoms with van der Waals surface area (Å²) in [4.78, 5) is 25.8. The highest BCUT2D eigenvalue weighted by Gasteiger charge is 2.11. The first-order valence-electron chi connectivity index (χ1n) is 11.0. The summed E-state index contributed by atoms with van der Waals surface area (Å²) >= 11 is 1.53. The summed E-state index contributed by atoms with van der Waals surface area (Å²) in [6.07, 6.45) is 2.07. The summed E-state index contributed by atoms with van der Waals surface area (Å²) in [5, 5.41) is 7.08. The number of hydrogen-bond acceptors (Lipinski definition) is 3. The first-order chi connectivity index (χ1) is 16.1. The zero-order chi connectivity index (χ0) is 23.0. The molecule has 4 aromatic rings. The number of nitrogens with one attached hydrogen (secondary N) is 2. The van der Waals surface area contributed by atoms with Crippen molar-refractivity contribution in [2.45, 2.75) is 24.9 Å². The summed E-state index contributed by atoms with van der Waals surface area (Å²) in [6.45, 7) is 3.70. The fourth-order valence-electron chi connectivity index (χ4n) is 3.60. The number of carbonyl (C=O) groups is 2. The first-order valence-corrected chi connectivity index (χ1v) is 11.9. The molecule has 1 heterocycles. The lowest BCUT2D eigenvalue weighted by Gasteiger charge is -2.08. The van der Waals surface area contributed by atoms with Gasteiger partial charge in [-0.2, -0.15) is 0 Å². The second-order valence-electron chi connectivity index (χ2n) is 7.88. The van der Waals surface area contributed by atoms with Gasteiger partial charge in [0.25, 0.3) is 5.91 Å². The van der Waals surface area contributed by atoms with Gasteiger partial charge in [0.15, 0.2) is 0 Å². The molecule has 0 radical (unpaired) electrons. The number of aromatic nitrogens is 1. The fraction of sp³-hybridized carbons (Fsp3) is 0.185. The predicted molar refractivity (Wildman–Crippen MR) is 134 cm³/mol. The zero-order valence-corrected chi connectivity index (χ0v) is 19.4. The number of amides is 2.